The second-order valence-electron chi connectivity index (χ2n) is 17.8. The number of aryl methyl sites for hydroxylation is 4. The number of unbranched alkanes of at least 4 members (excludes halogenated alkanes) is 2. The molecule has 0 saturated carbocycles. The van der Waals surface area contributed by atoms with Crippen LogP contribution >= 0.6 is 0 Å². The number of aromatic nitrogens is 2. The van der Waals surface area contributed by atoms with Gasteiger partial charge in [0.25, 0.3) is 5.97 Å². The standard InChI is InChI=1S/C48H60N6O8.C2H4O2/c1-30(35(18-22-43(50)56)28-42(55)41-27-36-11-6-10-34-17-19-37(49)47(59)54(41)45(34)36)62-29-33-14-12-31(13-15-33)8-4-3-5-24-61-25-7-9-32-16-20-38-40(26-32)52(2)48(60)53(38)39-21-23-44(57)51-46(39)58;1-2(3)4/h6,10-16,20,26,30,35,37,39,41H,3-5,7-9,17-19,21-25,27-29,49H2,1-2H3,(H2,50,56)(H,51,57,58);1H3,(H,3,4)/t30-,35-,37+,39?,41+;/m1./s1. The summed E-state index contributed by atoms with van der Waals surface area (Å²) in [7, 11) is 1.70. The van der Waals surface area contributed by atoms with Crippen LogP contribution in [0.5, 0.6) is 0 Å². The number of carboxylic acids is 1. The Morgan fingerprint density at radius 3 is 2.27 bits per heavy atom. The van der Waals surface area contributed by atoms with Gasteiger partial charge in [0, 0.05) is 52.9 Å². The third-order valence-electron chi connectivity index (χ3n) is 12.9. The van der Waals surface area contributed by atoms with Crippen LogP contribution in [0.3, 0.4) is 0 Å². The summed E-state index contributed by atoms with van der Waals surface area (Å²) in [5.41, 5.74) is 19.2. The molecule has 1 unspecified atom stereocenters. The van der Waals surface area contributed by atoms with E-state index >= 15 is 0 Å². The molecule has 0 aliphatic carbocycles. The topological polar surface area (TPSA) is 235 Å². The van der Waals surface area contributed by atoms with Crippen molar-refractivity contribution in [2.24, 2.45) is 24.4 Å². The van der Waals surface area contributed by atoms with Gasteiger partial charge < -0.3 is 26.0 Å². The Bertz CT molecular complexity index is 2460. The molecule has 4 amide bonds. The van der Waals surface area contributed by atoms with E-state index in [-0.39, 0.29) is 54.6 Å². The number of imide groups is 1. The molecule has 3 aromatic carbocycles. The summed E-state index contributed by atoms with van der Waals surface area (Å²) in [6, 6.07) is 18.3. The number of anilines is 1. The smallest absolute Gasteiger partial charge is 0.329 e. The van der Waals surface area contributed by atoms with E-state index in [0.717, 1.165) is 78.9 Å². The van der Waals surface area contributed by atoms with Crippen molar-refractivity contribution in [1.82, 2.24) is 14.5 Å². The van der Waals surface area contributed by atoms with Crippen LogP contribution < -0.4 is 27.4 Å². The summed E-state index contributed by atoms with van der Waals surface area (Å²) in [5.74, 6) is -2.52. The quantitative estimate of drug-likeness (QED) is 0.0658. The summed E-state index contributed by atoms with van der Waals surface area (Å²) < 4.78 is 15.3. The number of imidazole rings is 1. The van der Waals surface area contributed by atoms with Crippen molar-refractivity contribution in [3.8, 4) is 0 Å². The molecule has 1 aromatic heterocycles. The molecule has 1 saturated heterocycles. The van der Waals surface area contributed by atoms with Gasteiger partial charge in [0.1, 0.15) is 6.04 Å². The first-order valence-corrected chi connectivity index (χ1v) is 23.1. The molecule has 0 spiro atoms. The number of fused-ring (bicyclic) bond motifs is 1. The van der Waals surface area contributed by atoms with Gasteiger partial charge in [0.2, 0.25) is 23.6 Å². The number of aliphatic carboxylic acids is 1. The van der Waals surface area contributed by atoms with Crippen molar-refractivity contribution in [2.45, 2.75) is 135 Å². The molecule has 3 aliphatic rings. The number of amides is 4. The molecule has 16 nitrogen and oxygen atoms in total. The molecule has 1 fully saturated rings. The van der Waals surface area contributed by atoms with E-state index < -0.39 is 35.9 Å². The van der Waals surface area contributed by atoms with Gasteiger partial charge in [-0.25, -0.2) is 4.79 Å². The van der Waals surface area contributed by atoms with Crippen LogP contribution in [0.1, 0.15) is 112 Å². The second-order valence-corrected chi connectivity index (χ2v) is 17.8. The number of nitrogens with one attached hydrogen (secondary N) is 1. The number of rotatable bonds is 21. The van der Waals surface area contributed by atoms with Gasteiger partial charge in [-0.3, -0.25) is 48.1 Å². The third-order valence-corrected chi connectivity index (χ3v) is 12.9. The first kappa shape index (κ1) is 49.5. The van der Waals surface area contributed by atoms with E-state index in [1.54, 1.807) is 16.5 Å². The lowest BCUT2D eigenvalue weighted by molar-refractivity contribution is -0.136. The Balaban J connectivity index is 0.00000173. The van der Waals surface area contributed by atoms with Crippen LogP contribution in [0.15, 0.2) is 65.5 Å². The van der Waals surface area contributed by atoms with Gasteiger partial charge in [-0.1, -0.05) is 55.0 Å². The van der Waals surface area contributed by atoms with Crippen molar-refractivity contribution in [2.75, 3.05) is 18.1 Å². The normalized spacial score (nSPS) is 18.8. The van der Waals surface area contributed by atoms with Gasteiger partial charge in [0.05, 0.1) is 41.5 Å². The van der Waals surface area contributed by atoms with Crippen molar-refractivity contribution in [1.29, 1.82) is 0 Å². The van der Waals surface area contributed by atoms with Crippen molar-refractivity contribution in [3.63, 3.8) is 0 Å². The van der Waals surface area contributed by atoms with Crippen LogP contribution in [-0.4, -0.2) is 81.0 Å². The molecule has 7 rings (SSSR count). The van der Waals surface area contributed by atoms with Crippen LogP contribution in [0.4, 0.5) is 5.69 Å². The highest BCUT2D eigenvalue weighted by molar-refractivity contribution is 6.07. The number of para-hydroxylation sites is 1. The molecule has 5 atom stereocenters. The lowest BCUT2D eigenvalue weighted by Crippen LogP contribution is -2.50. The summed E-state index contributed by atoms with van der Waals surface area (Å²) in [4.78, 5) is 86.9. The Kier molecular flexibility index (Phi) is 17.2. The third kappa shape index (κ3) is 12.5. The van der Waals surface area contributed by atoms with Gasteiger partial charge in [0.15, 0.2) is 5.78 Å². The first-order valence-electron chi connectivity index (χ1n) is 23.1. The lowest BCUT2D eigenvalue weighted by Gasteiger charge is -2.29. The van der Waals surface area contributed by atoms with Gasteiger partial charge in [-0.15, -0.1) is 0 Å². The molecule has 0 bridgehead atoms. The molecule has 354 valence electrons. The van der Waals surface area contributed by atoms with Gasteiger partial charge >= 0.3 is 5.69 Å². The summed E-state index contributed by atoms with van der Waals surface area (Å²) in [5, 5.41) is 9.76. The molecule has 6 N–H and O–H groups in total. The number of nitrogens with two attached hydrogens (primary N) is 2. The van der Waals surface area contributed by atoms with Crippen molar-refractivity contribution < 1.29 is 43.3 Å². The highest BCUT2D eigenvalue weighted by atomic mass is 16.5. The van der Waals surface area contributed by atoms with E-state index in [2.05, 4.69) is 29.6 Å². The van der Waals surface area contributed by atoms with E-state index in [0.29, 0.717) is 57.4 Å². The van der Waals surface area contributed by atoms with Crippen LogP contribution in [0.2, 0.25) is 0 Å². The number of benzene rings is 3. The number of ether oxygens (including phenoxy) is 2. The monoisotopic (exact) mass is 908 g/mol. The zero-order valence-corrected chi connectivity index (χ0v) is 38.3. The number of carbonyl (C=O) groups is 6. The fourth-order valence-electron chi connectivity index (χ4n) is 9.29. The zero-order chi connectivity index (χ0) is 47.5. The predicted octanol–water partition coefficient (Wildman–Crippen LogP) is 4.75. The van der Waals surface area contributed by atoms with E-state index in [1.165, 1.54) is 10.1 Å². The summed E-state index contributed by atoms with van der Waals surface area (Å²) in [6.07, 6.45) is 8.30. The van der Waals surface area contributed by atoms with Crippen LogP contribution in [-0.2, 0) is 77.6 Å². The number of nitrogens with zero attached hydrogens (tertiary/aromatic N) is 3. The van der Waals surface area contributed by atoms with Gasteiger partial charge in [-0.05, 0) is 111 Å². The van der Waals surface area contributed by atoms with Crippen LogP contribution in [0.25, 0.3) is 11.0 Å². The minimum absolute atomic E-state index is 0.0566. The molecule has 3 aliphatic heterocycles. The molecular weight excluding hydrogens is 845 g/mol. The summed E-state index contributed by atoms with van der Waals surface area (Å²) in [6.45, 7) is 4.72. The number of hydrogen-bond acceptors (Lipinski definition) is 10. The van der Waals surface area contributed by atoms with Crippen molar-refractivity contribution in [3.05, 3.63) is 99.0 Å². The molecule has 0 radical (unpaired) electrons. The first-order chi connectivity index (χ1) is 31.6. The maximum atomic E-state index is 14.0. The minimum Gasteiger partial charge on any atom is -0.481 e. The number of carboxylic acid groups (broad SMARTS) is 1. The summed E-state index contributed by atoms with van der Waals surface area (Å²) >= 11 is 0. The average molecular weight is 909 g/mol. The van der Waals surface area contributed by atoms with E-state index in [1.807, 2.05) is 43.3 Å². The fraction of sp³-hybridized carbons (Fsp3) is 0.500. The highest BCUT2D eigenvalue weighted by Crippen LogP contribution is 2.40. The number of Topliss-reactive ketones (excluding diaryl/α,β-unsaturated/α-hetero) is 1. The molecule has 66 heavy (non-hydrogen) atoms. The molecular formula is C50H64N6O10. The Morgan fingerprint density at radius 1 is 0.864 bits per heavy atom. The number of piperidine rings is 1. The van der Waals surface area contributed by atoms with Crippen molar-refractivity contribution >= 4 is 52.1 Å². The maximum Gasteiger partial charge on any atom is 0.329 e. The number of primary amides is 1. The predicted molar refractivity (Wildman–Crippen MR) is 249 cm³/mol. The Labute approximate surface area is 385 Å². The Hall–Kier alpha value is -5.97. The SMILES string of the molecule is CC(=O)O.C[C@@H](OCc1ccc(CCCCCOCCCc2ccc3c(c2)n(C)c(=O)n3C2CCC(=O)NC2=O)cc1)[C@H](CCC(N)=O)CC(=O)[C@@H]1Cc2cccc3c2N1C(=O)[C@@H](N)CC3. The maximum absolute atomic E-state index is 14.0. The molecule has 16 heteroatoms. The molecule has 4 heterocycles. The fourth-order valence-corrected chi connectivity index (χ4v) is 9.29. The minimum atomic E-state index is -0.833. The average Bonchev–Trinajstić information content (AvgIpc) is 3.75. The lowest BCUT2D eigenvalue weighted by atomic mass is 9.89. The number of hydrogen-bond donors (Lipinski definition) is 4. The molecule has 4 aromatic rings. The second kappa shape index (κ2) is 23.0. The number of carbonyl (C=O) groups excluding carboxylic acids is 5. The van der Waals surface area contributed by atoms with Crippen LogP contribution in [0, 0.1) is 5.92 Å². The highest BCUT2D eigenvalue weighted by Gasteiger charge is 2.43. The van der Waals surface area contributed by atoms with Gasteiger partial charge in [-0.2, -0.15) is 0 Å². The largest absolute Gasteiger partial charge is 0.481 e. The number of ketones is 1. The van der Waals surface area contributed by atoms with E-state index in [4.69, 9.17) is 30.8 Å². The Morgan fingerprint density at radius 2 is 1.55 bits per heavy atom. The zero-order valence-electron chi connectivity index (χ0n) is 38.3. The van der Waals surface area contributed by atoms with E-state index in [9.17, 15) is 28.8 Å².